The molecule has 3 heteroatoms. The Kier molecular flexibility index (Phi) is 4.53. The monoisotopic (exact) mass is 302 g/mol. The number of carbonyl (C=O) groups excluding carboxylic acids is 1. The number of ether oxygens (including phenoxy) is 2. The summed E-state index contributed by atoms with van der Waals surface area (Å²) in [5.74, 6) is -0.134. The first kappa shape index (κ1) is 15.5. The minimum Gasteiger partial charge on any atom is -0.464 e. The van der Waals surface area contributed by atoms with Crippen molar-refractivity contribution in [3.8, 4) is 0 Å². The predicted molar refractivity (Wildman–Crippen MR) is 85.6 cm³/mol. The van der Waals surface area contributed by atoms with E-state index >= 15 is 0 Å². The van der Waals surface area contributed by atoms with Crippen LogP contribution in [0.4, 0.5) is 0 Å². The molecular weight excluding hydrogens is 276 g/mol. The zero-order valence-electron chi connectivity index (χ0n) is 13.5. The van der Waals surface area contributed by atoms with Crippen molar-refractivity contribution in [1.82, 2.24) is 0 Å². The quantitative estimate of drug-likeness (QED) is 0.588. The molecule has 0 bridgehead atoms. The van der Waals surface area contributed by atoms with Crippen LogP contribution in [0.25, 0.3) is 0 Å². The number of carbonyl (C=O) groups is 1. The van der Waals surface area contributed by atoms with Gasteiger partial charge in [-0.05, 0) is 44.6 Å². The average Bonchev–Trinajstić information content (AvgIpc) is 3.16. The molecule has 2 aliphatic rings. The molecule has 1 spiro atoms. The SMILES string of the molecule is CCOC(=O)[C@]1(CCCc2ccccc2)OC12CCCCC2. The lowest BCUT2D eigenvalue weighted by Crippen LogP contribution is -2.37. The topological polar surface area (TPSA) is 38.8 Å². The third kappa shape index (κ3) is 2.79. The van der Waals surface area contributed by atoms with Crippen molar-refractivity contribution in [2.75, 3.05) is 6.61 Å². The number of rotatable bonds is 6. The molecule has 1 aromatic carbocycles. The molecule has 120 valence electrons. The molecule has 1 aliphatic carbocycles. The summed E-state index contributed by atoms with van der Waals surface area (Å²) in [5.41, 5.74) is 0.451. The molecule has 1 atom stereocenters. The van der Waals surface area contributed by atoms with Crippen molar-refractivity contribution in [3.05, 3.63) is 35.9 Å². The van der Waals surface area contributed by atoms with Crippen molar-refractivity contribution in [2.24, 2.45) is 0 Å². The Labute approximate surface area is 133 Å². The lowest BCUT2D eigenvalue weighted by atomic mass is 9.77. The summed E-state index contributed by atoms with van der Waals surface area (Å²) >= 11 is 0. The summed E-state index contributed by atoms with van der Waals surface area (Å²) in [7, 11) is 0. The van der Waals surface area contributed by atoms with Crippen molar-refractivity contribution in [1.29, 1.82) is 0 Å². The molecule has 22 heavy (non-hydrogen) atoms. The summed E-state index contributed by atoms with van der Waals surface area (Å²) in [5, 5.41) is 0. The Morgan fingerprint density at radius 1 is 1.18 bits per heavy atom. The summed E-state index contributed by atoms with van der Waals surface area (Å²) in [6.45, 7) is 2.30. The molecule has 0 aromatic heterocycles. The molecule has 3 rings (SSSR count). The maximum Gasteiger partial charge on any atom is 0.341 e. The van der Waals surface area contributed by atoms with E-state index in [0.29, 0.717) is 6.61 Å². The highest BCUT2D eigenvalue weighted by atomic mass is 16.7. The second-order valence-corrected chi connectivity index (χ2v) is 6.54. The Morgan fingerprint density at radius 2 is 1.91 bits per heavy atom. The van der Waals surface area contributed by atoms with Crippen LogP contribution >= 0.6 is 0 Å². The van der Waals surface area contributed by atoms with E-state index in [9.17, 15) is 4.79 Å². The van der Waals surface area contributed by atoms with Crippen molar-refractivity contribution < 1.29 is 14.3 Å². The fraction of sp³-hybridized carbons (Fsp3) is 0.632. The largest absolute Gasteiger partial charge is 0.464 e. The molecule has 1 heterocycles. The second-order valence-electron chi connectivity index (χ2n) is 6.54. The minimum atomic E-state index is -0.655. The van der Waals surface area contributed by atoms with E-state index in [1.807, 2.05) is 13.0 Å². The lowest BCUT2D eigenvalue weighted by molar-refractivity contribution is -0.150. The first-order chi connectivity index (χ1) is 10.7. The molecule has 0 N–H and O–H groups in total. The van der Waals surface area contributed by atoms with Crippen LogP contribution in [0.2, 0.25) is 0 Å². The van der Waals surface area contributed by atoms with Gasteiger partial charge in [-0.3, -0.25) is 0 Å². The van der Waals surface area contributed by atoms with Gasteiger partial charge in [-0.2, -0.15) is 0 Å². The van der Waals surface area contributed by atoms with Gasteiger partial charge in [0.05, 0.1) is 6.61 Å². The van der Waals surface area contributed by atoms with E-state index in [2.05, 4.69) is 24.3 Å². The van der Waals surface area contributed by atoms with Crippen LogP contribution in [0, 0.1) is 0 Å². The van der Waals surface area contributed by atoms with Gasteiger partial charge < -0.3 is 9.47 Å². The van der Waals surface area contributed by atoms with Gasteiger partial charge in [0.15, 0.2) is 5.60 Å². The second kappa shape index (κ2) is 6.41. The number of hydrogen-bond acceptors (Lipinski definition) is 3. The Morgan fingerprint density at radius 3 is 2.59 bits per heavy atom. The Hall–Kier alpha value is -1.35. The summed E-state index contributed by atoms with van der Waals surface area (Å²) < 4.78 is 11.4. The third-order valence-corrected chi connectivity index (χ3v) is 5.17. The highest BCUT2D eigenvalue weighted by molar-refractivity contribution is 5.85. The van der Waals surface area contributed by atoms with Gasteiger partial charge >= 0.3 is 5.97 Å². The molecule has 1 aliphatic heterocycles. The van der Waals surface area contributed by atoms with E-state index in [0.717, 1.165) is 32.1 Å². The van der Waals surface area contributed by atoms with Crippen LogP contribution in [-0.4, -0.2) is 23.8 Å². The fourth-order valence-corrected chi connectivity index (χ4v) is 3.98. The fourth-order valence-electron chi connectivity index (χ4n) is 3.98. The van der Waals surface area contributed by atoms with E-state index in [4.69, 9.17) is 9.47 Å². The minimum absolute atomic E-state index is 0.134. The Balaban J connectivity index is 1.64. The van der Waals surface area contributed by atoms with Gasteiger partial charge in [0, 0.05) is 0 Å². The van der Waals surface area contributed by atoms with Crippen LogP contribution in [0.5, 0.6) is 0 Å². The molecule has 0 radical (unpaired) electrons. The molecule has 2 fully saturated rings. The van der Waals surface area contributed by atoms with E-state index in [1.54, 1.807) is 0 Å². The standard InChI is InChI=1S/C19H26O3/c1-2-21-17(20)19(18(22-19)13-7-4-8-14-18)15-9-12-16-10-5-3-6-11-16/h3,5-6,10-11H,2,4,7-9,12-15H2,1H3/t19-/m0/s1. The van der Waals surface area contributed by atoms with E-state index in [-0.39, 0.29) is 11.6 Å². The molecular formula is C19H26O3. The van der Waals surface area contributed by atoms with Gasteiger partial charge in [-0.1, -0.05) is 49.6 Å². The number of esters is 1. The average molecular weight is 302 g/mol. The number of benzene rings is 1. The van der Waals surface area contributed by atoms with Crippen molar-refractivity contribution >= 4 is 5.97 Å². The zero-order chi connectivity index (χ0) is 15.5. The highest BCUT2D eigenvalue weighted by Gasteiger charge is 2.74. The molecule has 3 nitrogen and oxygen atoms in total. The molecule has 1 saturated carbocycles. The van der Waals surface area contributed by atoms with Crippen LogP contribution in [0.15, 0.2) is 30.3 Å². The molecule has 1 aromatic rings. The molecule has 0 amide bonds. The van der Waals surface area contributed by atoms with E-state index in [1.165, 1.54) is 24.8 Å². The summed E-state index contributed by atoms with van der Waals surface area (Å²) in [6.07, 6.45) is 8.34. The number of hydrogen-bond donors (Lipinski definition) is 0. The van der Waals surface area contributed by atoms with Gasteiger partial charge in [0.2, 0.25) is 0 Å². The van der Waals surface area contributed by atoms with Crippen LogP contribution < -0.4 is 0 Å². The molecule has 1 saturated heterocycles. The van der Waals surface area contributed by atoms with Crippen molar-refractivity contribution in [3.63, 3.8) is 0 Å². The Bertz CT molecular complexity index is 505. The van der Waals surface area contributed by atoms with Gasteiger partial charge in [-0.25, -0.2) is 4.79 Å². The lowest BCUT2D eigenvalue weighted by Gasteiger charge is -2.22. The first-order valence-corrected chi connectivity index (χ1v) is 8.64. The zero-order valence-corrected chi connectivity index (χ0v) is 13.5. The van der Waals surface area contributed by atoms with Crippen molar-refractivity contribution in [2.45, 2.75) is 69.5 Å². The first-order valence-electron chi connectivity index (χ1n) is 8.64. The summed E-state index contributed by atoms with van der Waals surface area (Å²) in [4.78, 5) is 12.5. The maximum atomic E-state index is 12.5. The van der Waals surface area contributed by atoms with E-state index < -0.39 is 5.60 Å². The highest BCUT2D eigenvalue weighted by Crippen LogP contribution is 2.59. The number of epoxide rings is 1. The maximum absolute atomic E-state index is 12.5. The smallest absolute Gasteiger partial charge is 0.341 e. The van der Waals surface area contributed by atoms with Crippen LogP contribution in [0.1, 0.15) is 57.4 Å². The van der Waals surface area contributed by atoms with Gasteiger partial charge in [0.25, 0.3) is 0 Å². The summed E-state index contributed by atoms with van der Waals surface area (Å²) in [6, 6.07) is 10.4. The number of aryl methyl sites for hydroxylation is 1. The van der Waals surface area contributed by atoms with Crippen LogP contribution in [-0.2, 0) is 20.7 Å². The van der Waals surface area contributed by atoms with Crippen LogP contribution in [0.3, 0.4) is 0 Å². The molecule has 0 unspecified atom stereocenters. The van der Waals surface area contributed by atoms with Gasteiger partial charge in [-0.15, -0.1) is 0 Å². The normalized spacial score (nSPS) is 25.9. The predicted octanol–water partition coefficient (Wildman–Crippen LogP) is 4.04. The van der Waals surface area contributed by atoms with Gasteiger partial charge in [0.1, 0.15) is 5.60 Å². The third-order valence-electron chi connectivity index (χ3n) is 5.17.